The fourth-order valence-corrected chi connectivity index (χ4v) is 0.673. The fourth-order valence-electron chi connectivity index (χ4n) is 0.673. The van der Waals surface area contributed by atoms with Gasteiger partial charge in [0.2, 0.25) is 0 Å². The second-order valence-corrected chi connectivity index (χ2v) is 2.02. The van der Waals surface area contributed by atoms with Crippen molar-refractivity contribution in [3.8, 4) is 6.07 Å². The van der Waals surface area contributed by atoms with E-state index in [4.69, 9.17) is 23.5 Å². The lowest BCUT2D eigenvalue weighted by Crippen LogP contribution is -2.30. The largest absolute Gasteiger partial charge is 0.488 e. The molecule has 0 aliphatic heterocycles. The van der Waals surface area contributed by atoms with E-state index < -0.39 is 48.7 Å². The maximum absolute atomic E-state index is 9.05. The molecule has 60 valence electrons. The molecule has 1 aromatic carbocycles. The van der Waals surface area contributed by atoms with Crippen molar-refractivity contribution >= 4 is 12.6 Å². The summed E-state index contributed by atoms with van der Waals surface area (Å²) < 4.78 is 44.2. The minimum atomic E-state index is -2.85. The van der Waals surface area contributed by atoms with Crippen LogP contribution in [0.15, 0.2) is 18.1 Å². The van der Waals surface area contributed by atoms with Crippen LogP contribution in [-0.4, -0.2) is 17.2 Å². The van der Waals surface area contributed by atoms with E-state index in [-0.39, 0.29) is 0 Å². The number of nitrogens with zero attached hydrogens (tertiary/aromatic N) is 1. The summed E-state index contributed by atoms with van der Waals surface area (Å²) in [5.74, 6) is 0. The number of hydrogen-bond acceptors (Lipinski definition) is 3. The van der Waals surface area contributed by atoms with Crippen LogP contribution in [0.5, 0.6) is 0 Å². The summed E-state index contributed by atoms with van der Waals surface area (Å²) in [6.45, 7) is -2.85. The number of rotatable bonds is 1. The molecule has 0 spiro atoms. The summed E-state index contributed by atoms with van der Waals surface area (Å²) in [5, 5.41) is 26.9. The maximum atomic E-state index is 9.05. The van der Waals surface area contributed by atoms with E-state index in [1.54, 1.807) is 0 Å². The Morgan fingerprint density at radius 1 is 1.58 bits per heavy atom. The third-order valence-corrected chi connectivity index (χ3v) is 1.14. The van der Waals surface area contributed by atoms with Crippen molar-refractivity contribution < 1.29 is 18.3 Å². The molecular formula is C8H8BNO2. The van der Waals surface area contributed by atoms with Crippen LogP contribution >= 0.6 is 0 Å². The molecule has 0 bridgehead atoms. The van der Waals surface area contributed by atoms with Gasteiger partial charge in [-0.1, -0.05) is 11.6 Å². The first-order valence-electron chi connectivity index (χ1n) is 6.03. The van der Waals surface area contributed by atoms with E-state index in [9.17, 15) is 0 Å². The van der Waals surface area contributed by atoms with Gasteiger partial charge < -0.3 is 10.0 Å². The van der Waals surface area contributed by atoms with Gasteiger partial charge in [0.05, 0.1) is 15.7 Å². The number of benzene rings is 1. The monoisotopic (exact) mass is 167 g/mol. The quantitative estimate of drug-likeness (QED) is 0.556. The zero-order chi connectivity index (χ0) is 14.2. The Labute approximate surface area is 79.5 Å². The van der Waals surface area contributed by atoms with Gasteiger partial charge in [0.15, 0.2) is 0 Å². The fraction of sp³-hybridized carbons (Fsp3) is 0.125. The van der Waals surface area contributed by atoms with Crippen molar-refractivity contribution in [2.24, 2.45) is 0 Å². The first kappa shape index (κ1) is 3.61. The highest BCUT2D eigenvalue weighted by Crippen LogP contribution is 2.00. The summed E-state index contributed by atoms with van der Waals surface area (Å²) in [6, 6.07) is -0.818. The molecule has 2 N–H and O–H groups in total. The van der Waals surface area contributed by atoms with Crippen molar-refractivity contribution in [2.75, 3.05) is 0 Å². The van der Waals surface area contributed by atoms with Crippen molar-refractivity contribution in [3.63, 3.8) is 0 Å². The molecule has 0 amide bonds. The summed E-state index contributed by atoms with van der Waals surface area (Å²) in [5.41, 5.74) is -2.05. The van der Waals surface area contributed by atoms with Gasteiger partial charge in [0, 0.05) is 4.11 Å². The van der Waals surface area contributed by atoms with Gasteiger partial charge in [-0.25, -0.2) is 0 Å². The maximum Gasteiger partial charge on any atom is 0.488 e. The van der Waals surface area contributed by atoms with Crippen LogP contribution in [0.4, 0.5) is 0 Å². The number of nitriles is 1. The Morgan fingerprint density at radius 2 is 2.33 bits per heavy atom. The van der Waals surface area contributed by atoms with Crippen molar-refractivity contribution in [1.29, 1.82) is 5.26 Å². The van der Waals surface area contributed by atoms with Gasteiger partial charge in [-0.3, -0.25) is 0 Å². The summed E-state index contributed by atoms with van der Waals surface area (Å²) in [6.07, 6.45) is 0. The molecule has 0 atom stereocenters. The van der Waals surface area contributed by atoms with Gasteiger partial charge in [0.1, 0.15) is 0 Å². The zero-order valence-corrected chi connectivity index (χ0v) is 5.92. The average molecular weight is 167 g/mol. The highest BCUT2D eigenvalue weighted by molar-refractivity contribution is 6.58. The van der Waals surface area contributed by atoms with E-state index >= 15 is 0 Å². The Hall–Kier alpha value is -1.31. The predicted molar refractivity (Wildman–Crippen MR) is 45.7 cm³/mol. The van der Waals surface area contributed by atoms with Gasteiger partial charge in [0.25, 0.3) is 0 Å². The molecule has 3 nitrogen and oxygen atoms in total. The van der Waals surface area contributed by atoms with E-state index in [0.717, 1.165) is 0 Å². The van der Waals surface area contributed by atoms with Crippen LogP contribution in [0, 0.1) is 18.2 Å². The van der Waals surface area contributed by atoms with Crippen LogP contribution in [0.25, 0.3) is 0 Å². The molecule has 0 aliphatic carbocycles. The minimum Gasteiger partial charge on any atom is -0.423 e. The molecule has 1 rings (SSSR count). The highest BCUT2D eigenvalue weighted by atomic mass is 16.4. The zero-order valence-electron chi connectivity index (χ0n) is 11.9. The highest BCUT2D eigenvalue weighted by Gasteiger charge is 2.11. The molecule has 1 aromatic rings. The molecule has 0 fully saturated rings. The first-order chi connectivity index (χ1) is 8.12. The second kappa shape index (κ2) is 3.39. The Kier molecular flexibility index (Phi) is 1.02. The average Bonchev–Trinajstić information content (AvgIpc) is 2.14. The van der Waals surface area contributed by atoms with Gasteiger partial charge >= 0.3 is 7.12 Å². The Bertz CT molecular complexity index is 536. The SMILES string of the molecule is [2H]c1c(C#N)c([2H])c(C([2H])([2H])[2H])c([2H])c1B(O)O. The van der Waals surface area contributed by atoms with E-state index in [1.165, 1.54) is 6.07 Å². The van der Waals surface area contributed by atoms with Crippen LogP contribution in [0.1, 0.15) is 19.4 Å². The second-order valence-electron chi connectivity index (χ2n) is 2.02. The summed E-state index contributed by atoms with van der Waals surface area (Å²) in [7, 11) is -2.25. The Morgan fingerprint density at radius 3 is 2.83 bits per heavy atom. The molecular weight excluding hydrogens is 153 g/mol. The van der Waals surface area contributed by atoms with E-state index in [1.807, 2.05) is 0 Å². The van der Waals surface area contributed by atoms with E-state index in [2.05, 4.69) is 0 Å². The minimum absolute atomic E-state index is 0.597. The van der Waals surface area contributed by atoms with Crippen LogP contribution in [0.3, 0.4) is 0 Å². The summed E-state index contributed by atoms with van der Waals surface area (Å²) >= 11 is 0. The van der Waals surface area contributed by atoms with Crippen LogP contribution in [-0.2, 0) is 0 Å². The molecule has 0 saturated heterocycles. The number of hydrogen-bond donors (Lipinski definition) is 2. The van der Waals surface area contributed by atoms with Gasteiger partial charge in [-0.15, -0.1) is 0 Å². The summed E-state index contributed by atoms with van der Waals surface area (Å²) in [4.78, 5) is 0. The first-order valence-corrected chi connectivity index (χ1v) is 3.03. The third kappa shape index (κ3) is 1.85. The third-order valence-electron chi connectivity index (χ3n) is 1.14. The molecule has 0 radical (unpaired) electrons. The molecule has 0 heterocycles. The van der Waals surface area contributed by atoms with Gasteiger partial charge in [-0.05, 0) is 24.4 Å². The Balaban J connectivity index is 3.86. The molecule has 12 heavy (non-hydrogen) atoms. The lowest BCUT2D eigenvalue weighted by Gasteiger charge is -2.00. The standard InChI is InChI=1S/C8H8BNO2/c1-6-2-7(5-10)4-8(3-6)9(11)12/h2-4,11-12H,1H3/i1D3,2D,3D,4D. The molecule has 0 unspecified atom stereocenters. The molecule has 0 saturated carbocycles. The topological polar surface area (TPSA) is 64.2 Å². The normalized spacial score (nSPS) is 17.4. The smallest absolute Gasteiger partial charge is 0.423 e. The molecule has 0 aliphatic rings. The van der Waals surface area contributed by atoms with Crippen molar-refractivity contribution in [3.05, 3.63) is 29.3 Å². The van der Waals surface area contributed by atoms with Gasteiger partial charge in [-0.2, -0.15) is 5.26 Å². The predicted octanol–water partition coefficient (Wildman–Crippen LogP) is -0.454. The van der Waals surface area contributed by atoms with E-state index in [0.29, 0.717) is 0 Å². The van der Waals surface area contributed by atoms with Crippen LogP contribution in [0.2, 0.25) is 0 Å². The van der Waals surface area contributed by atoms with Crippen LogP contribution < -0.4 is 5.46 Å². The lowest BCUT2D eigenvalue weighted by atomic mass is 9.79. The molecule has 0 aromatic heterocycles. The lowest BCUT2D eigenvalue weighted by molar-refractivity contribution is 0.425. The molecule has 4 heteroatoms. The van der Waals surface area contributed by atoms with Crippen molar-refractivity contribution in [1.82, 2.24) is 0 Å². The van der Waals surface area contributed by atoms with Crippen molar-refractivity contribution in [2.45, 2.75) is 6.85 Å².